The molecule has 0 saturated carbocycles. The van der Waals surface area contributed by atoms with Crippen molar-refractivity contribution in [2.45, 2.75) is 23.8 Å². The maximum atomic E-state index is 12.9. The van der Waals surface area contributed by atoms with E-state index in [1.54, 1.807) is 12.3 Å². The molecule has 1 N–H and O–H groups in total. The maximum absolute atomic E-state index is 12.9. The summed E-state index contributed by atoms with van der Waals surface area (Å²) < 4.78 is 50.5. The lowest BCUT2D eigenvalue weighted by atomic mass is 10.3. The van der Waals surface area contributed by atoms with Crippen LogP contribution >= 0.6 is 23.1 Å². The van der Waals surface area contributed by atoms with Crippen LogP contribution in [-0.4, -0.2) is 55.9 Å². The number of rotatable bonds is 4. The summed E-state index contributed by atoms with van der Waals surface area (Å²) in [4.78, 5) is 0.397. The van der Waals surface area contributed by atoms with Gasteiger partial charge in [0.2, 0.25) is 10.0 Å². The molecule has 1 atom stereocenters. The van der Waals surface area contributed by atoms with Crippen LogP contribution in [0.4, 0.5) is 0 Å². The first-order chi connectivity index (χ1) is 9.69. The van der Waals surface area contributed by atoms with Gasteiger partial charge in [-0.25, -0.2) is 16.8 Å². The molecule has 6 nitrogen and oxygen atoms in total. The van der Waals surface area contributed by atoms with Crippen LogP contribution in [0.3, 0.4) is 0 Å². The quantitative estimate of drug-likeness (QED) is 0.836. The lowest BCUT2D eigenvalue weighted by Gasteiger charge is -2.33. The minimum Gasteiger partial charge on any atom is -0.391 e. The van der Waals surface area contributed by atoms with Crippen LogP contribution in [0.1, 0.15) is 10.4 Å². The summed E-state index contributed by atoms with van der Waals surface area (Å²) in [5, 5.41) is 9.93. The SMILES string of the molecule is Cc1csc(CO)c1S(=O)(=O)N1CCSCC1S(C)(=O)=O. The van der Waals surface area contributed by atoms with Crippen molar-refractivity contribution in [3.05, 3.63) is 15.8 Å². The maximum Gasteiger partial charge on any atom is 0.245 e. The van der Waals surface area contributed by atoms with Crippen LogP contribution in [0, 0.1) is 6.92 Å². The van der Waals surface area contributed by atoms with Crippen LogP contribution in [0.5, 0.6) is 0 Å². The van der Waals surface area contributed by atoms with Gasteiger partial charge < -0.3 is 5.11 Å². The highest BCUT2D eigenvalue weighted by molar-refractivity contribution is 8.01. The largest absolute Gasteiger partial charge is 0.391 e. The molecule has 120 valence electrons. The second kappa shape index (κ2) is 6.17. The van der Waals surface area contributed by atoms with Gasteiger partial charge in [0.1, 0.15) is 10.3 Å². The van der Waals surface area contributed by atoms with Crippen molar-refractivity contribution in [1.82, 2.24) is 4.31 Å². The highest BCUT2D eigenvalue weighted by Crippen LogP contribution is 2.33. The van der Waals surface area contributed by atoms with E-state index in [9.17, 15) is 21.9 Å². The van der Waals surface area contributed by atoms with Crippen LogP contribution < -0.4 is 0 Å². The van der Waals surface area contributed by atoms with Crippen molar-refractivity contribution < 1.29 is 21.9 Å². The van der Waals surface area contributed by atoms with Gasteiger partial charge in [-0.2, -0.15) is 16.1 Å². The Morgan fingerprint density at radius 3 is 2.62 bits per heavy atom. The third kappa shape index (κ3) is 3.30. The lowest BCUT2D eigenvalue weighted by molar-refractivity contribution is 0.282. The smallest absolute Gasteiger partial charge is 0.245 e. The number of hydrogen-bond acceptors (Lipinski definition) is 7. The van der Waals surface area contributed by atoms with Gasteiger partial charge in [0, 0.05) is 24.3 Å². The average molecular weight is 372 g/mol. The normalized spacial score (nSPS) is 21.6. The zero-order valence-electron chi connectivity index (χ0n) is 11.6. The van der Waals surface area contributed by atoms with E-state index in [1.165, 1.54) is 23.1 Å². The molecule has 0 aliphatic carbocycles. The molecule has 1 aliphatic heterocycles. The van der Waals surface area contributed by atoms with Crippen molar-refractivity contribution in [3.63, 3.8) is 0 Å². The van der Waals surface area contributed by atoms with E-state index in [0.29, 0.717) is 16.2 Å². The van der Waals surface area contributed by atoms with Crippen LogP contribution in [0.25, 0.3) is 0 Å². The van der Waals surface area contributed by atoms with E-state index in [2.05, 4.69) is 0 Å². The first-order valence-corrected chi connectivity index (χ1v) is 11.6. The number of sulfonamides is 1. The topological polar surface area (TPSA) is 91.8 Å². The van der Waals surface area contributed by atoms with Crippen molar-refractivity contribution in [1.29, 1.82) is 0 Å². The minimum absolute atomic E-state index is 0.0514. The first-order valence-electron chi connectivity index (χ1n) is 6.16. The predicted octanol–water partition coefficient (Wildman–Crippen LogP) is 0.657. The summed E-state index contributed by atoms with van der Waals surface area (Å²) in [7, 11) is -7.45. The van der Waals surface area contributed by atoms with E-state index >= 15 is 0 Å². The molecule has 10 heteroatoms. The Labute approximate surface area is 133 Å². The molecular weight excluding hydrogens is 354 g/mol. The molecule has 1 aromatic heterocycles. The van der Waals surface area contributed by atoms with E-state index < -0.39 is 25.2 Å². The number of thioether (sulfide) groups is 1. The van der Waals surface area contributed by atoms with E-state index in [4.69, 9.17) is 0 Å². The predicted molar refractivity (Wildman–Crippen MR) is 84.8 cm³/mol. The molecule has 21 heavy (non-hydrogen) atoms. The third-order valence-corrected chi connectivity index (χ3v) is 9.37. The van der Waals surface area contributed by atoms with Gasteiger partial charge in [-0.1, -0.05) is 0 Å². The Hall–Kier alpha value is -0.130. The average Bonchev–Trinajstić information content (AvgIpc) is 2.79. The highest BCUT2D eigenvalue weighted by atomic mass is 32.2. The Bertz CT molecular complexity index is 722. The molecule has 1 saturated heterocycles. The zero-order valence-corrected chi connectivity index (χ0v) is 14.9. The molecule has 0 bridgehead atoms. The minimum atomic E-state index is -3.93. The van der Waals surface area contributed by atoms with Gasteiger partial charge in [0.15, 0.2) is 9.84 Å². The number of aryl methyl sites for hydroxylation is 1. The Balaban J connectivity index is 2.53. The lowest BCUT2D eigenvalue weighted by Crippen LogP contribution is -2.49. The molecule has 2 rings (SSSR count). The number of aliphatic hydroxyl groups is 1. The highest BCUT2D eigenvalue weighted by Gasteiger charge is 2.41. The number of hydrogen-bond donors (Lipinski definition) is 1. The van der Waals surface area contributed by atoms with Gasteiger partial charge >= 0.3 is 0 Å². The first kappa shape index (κ1) is 17.2. The van der Waals surface area contributed by atoms with Crippen LogP contribution in [0.2, 0.25) is 0 Å². The summed E-state index contributed by atoms with van der Waals surface area (Å²) in [5.74, 6) is 0.790. The summed E-state index contributed by atoms with van der Waals surface area (Å²) in [6.45, 7) is 1.43. The Morgan fingerprint density at radius 2 is 2.05 bits per heavy atom. The molecule has 1 aliphatic rings. The van der Waals surface area contributed by atoms with E-state index in [-0.39, 0.29) is 23.8 Å². The number of aliphatic hydroxyl groups excluding tert-OH is 1. The Morgan fingerprint density at radius 1 is 1.38 bits per heavy atom. The van der Waals surface area contributed by atoms with Gasteiger partial charge in [0.05, 0.1) is 11.5 Å². The monoisotopic (exact) mass is 371 g/mol. The van der Waals surface area contributed by atoms with Crippen molar-refractivity contribution in [3.8, 4) is 0 Å². The fourth-order valence-electron chi connectivity index (χ4n) is 2.24. The van der Waals surface area contributed by atoms with Crippen molar-refractivity contribution in [2.24, 2.45) is 0 Å². The standard InChI is InChI=1S/C11H17NO5S4/c1-8-6-19-9(5-13)11(8)21(16,17)12-3-4-18-7-10(12)20(2,14)15/h6,10,13H,3-5,7H2,1-2H3. The Kier molecular flexibility index (Phi) is 5.06. The molecule has 2 heterocycles. The second-order valence-electron chi connectivity index (χ2n) is 4.80. The van der Waals surface area contributed by atoms with Gasteiger partial charge in [-0.15, -0.1) is 11.3 Å². The summed E-state index contributed by atoms with van der Waals surface area (Å²) in [5.41, 5.74) is 0.537. The molecule has 1 unspecified atom stereocenters. The molecule has 1 aromatic rings. The molecular formula is C11H17NO5S4. The van der Waals surface area contributed by atoms with Gasteiger partial charge in [-0.05, 0) is 17.9 Å². The molecule has 1 fully saturated rings. The van der Waals surface area contributed by atoms with Crippen LogP contribution in [-0.2, 0) is 26.5 Å². The zero-order chi connectivity index (χ0) is 15.8. The number of sulfone groups is 1. The third-order valence-electron chi connectivity index (χ3n) is 3.23. The molecule has 0 radical (unpaired) electrons. The number of thiophene rings is 1. The fraction of sp³-hybridized carbons (Fsp3) is 0.636. The van der Waals surface area contributed by atoms with Crippen molar-refractivity contribution >= 4 is 43.0 Å². The van der Waals surface area contributed by atoms with Gasteiger partial charge in [-0.3, -0.25) is 0 Å². The summed E-state index contributed by atoms with van der Waals surface area (Å²) in [6.07, 6.45) is 1.06. The van der Waals surface area contributed by atoms with Crippen molar-refractivity contribution in [2.75, 3.05) is 24.3 Å². The second-order valence-corrected chi connectivity index (χ2v) is 10.9. The van der Waals surface area contributed by atoms with Gasteiger partial charge in [0.25, 0.3) is 0 Å². The van der Waals surface area contributed by atoms with E-state index in [0.717, 1.165) is 10.6 Å². The number of nitrogens with zero attached hydrogens (tertiary/aromatic N) is 1. The molecule has 0 aromatic carbocycles. The van der Waals surface area contributed by atoms with E-state index in [1.807, 2.05) is 0 Å². The molecule has 0 spiro atoms. The summed E-state index contributed by atoms with van der Waals surface area (Å²) in [6, 6.07) is 0. The molecule has 0 amide bonds. The summed E-state index contributed by atoms with van der Waals surface area (Å²) >= 11 is 2.59. The fourth-order valence-corrected chi connectivity index (χ4v) is 9.02. The van der Waals surface area contributed by atoms with Crippen LogP contribution in [0.15, 0.2) is 10.3 Å².